The van der Waals surface area contributed by atoms with Gasteiger partial charge in [0, 0.05) is 20.1 Å². The van der Waals surface area contributed by atoms with Crippen molar-refractivity contribution in [2.24, 2.45) is 4.99 Å². The topological polar surface area (TPSA) is 75.4 Å². The van der Waals surface area contributed by atoms with Crippen LogP contribution in [0.25, 0.3) is 16.9 Å². The molecule has 2 heterocycles. The van der Waals surface area contributed by atoms with Crippen LogP contribution in [0.3, 0.4) is 0 Å². The first kappa shape index (κ1) is 21.6. The fourth-order valence-corrected chi connectivity index (χ4v) is 3.96. The molecule has 0 bridgehead atoms. The van der Waals surface area contributed by atoms with Crippen LogP contribution in [0.4, 0.5) is 5.69 Å². The summed E-state index contributed by atoms with van der Waals surface area (Å²) in [4.78, 5) is 17.7. The van der Waals surface area contributed by atoms with E-state index in [0.29, 0.717) is 27.7 Å². The highest BCUT2D eigenvalue weighted by Gasteiger charge is 2.33. The van der Waals surface area contributed by atoms with Gasteiger partial charge in [-0.15, -0.1) is 10.2 Å². The second kappa shape index (κ2) is 8.97. The van der Waals surface area contributed by atoms with Gasteiger partial charge in [-0.3, -0.25) is 15.2 Å². The number of hydrogen-bond donors (Lipinski definition) is 1. The normalized spacial score (nSPS) is 15.3. The van der Waals surface area contributed by atoms with Gasteiger partial charge in [-0.1, -0.05) is 51.3 Å². The first-order chi connectivity index (χ1) is 16.0. The second-order valence-electron chi connectivity index (χ2n) is 7.17. The van der Waals surface area contributed by atoms with Crippen LogP contribution in [-0.4, -0.2) is 27.1 Å². The molecule has 33 heavy (non-hydrogen) atoms. The predicted molar refractivity (Wildman–Crippen MR) is 133 cm³/mol. The number of aldehydes is 1. The molecule has 10 heteroatoms. The zero-order chi connectivity index (χ0) is 22.9. The molecule has 4 aromatic rings. The molecular weight excluding hydrogens is 527 g/mol. The van der Waals surface area contributed by atoms with Crippen LogP contribution < -0.4 is 10.4 Å². The minimum absolute atomic E-state index is 0.190. The maximum atomic E-state index is 11.6. The van der Waals surface area contributed by atoms with Crippen molar-refractivity contribution in [2.45, 2.75) is 6.17 Å². The Morgan fingerprint density at radius 1 is 0.848 bits per heavy atom. The number of nitrogens with zero attached hydrogens (tertiary/aromatic N) is 5. The van der Waals surface area contributed by atoms with Crippen LogP contribution in [0.5, 0.6) is 0 Å². The van der Waals surface area contributed by atoms with Crippen molar-refractivity contribution in [3.63, 3.8) is 0 Å². The summed E-state index contributed by atoms with van der Waals surface area (Å²) < 4.78 is 0.950. The molecule has 3 aromatic carbocycles. The van der Waals surface area contributed by atoms with Crippen molar-refractivity contribution in [3.8, 4) is 16.9 Å². The Balaban J connectivity index is 1.66. The summed E-state index contributed by atoms with van der Waals surface area (Å²) in [5.41, 5.74) is 6.60. The lowest BCUT2D eigenvalue weighted by atomic mass is 10.1. The van der Waals surface area contributed by atoms with Gasteiger partial charge in [-0.05, 0) is 60.7 Å². The first-order valence-electron chi connectivity index (χ1n) is 9.85. The molecule has 0 aliphatic carbocycles. The number of anilines is 1. The van der Waals surface area contributed by atoms with Gasteiger partial charge >= 0.3 is 0 Å². The van der Waals surface area contributed by atoms with E-state index < -0.39 is 6.17 Å². The summed E-state index contributed by atoms with van der Waals surface area (Å²) >= 11 is 15.6. The molecule has 0 spiro atoms. The van der Waals surface area contributed by atoms with Crippen LogP contribution in [0.15, 0.2) is 82.3 Å². The maximum absolute atomic E-state index is 11.6. The van der Waals surface area contributed by atoms with E-state index in [-0.39, 0.29) is 5.84 Å². The van der Waals surface area contributed by atoms with E-state index in [4.69, 9.17) is 33.4 Å². The highest BCUT2D eigenvalue weighted by atomic mass is 79.9. The van der Waals surface area contributed by atoms with E-state index in [0.717, 1.165) is 21.4 Å². The molecule has 1 atom stereocenters. The van der Waals surface area contributed by atoms with Crippen molar-refractivity contribution in [1.82, 2.24) is 20.4 Å². The summed E-state index contributed by atoms with van der Waals surface area (Å²) in [5.74, 6) is 0.190. The number of aromatic nitrogens is 3. The molecule has 1 unspecified atom stereocenters. The first-order valence-corrected chi connectivity index (χ1v) is 11.4. The van der Waals surface area contributed by atoms with Crippen LogP contribution >= 0.6 is 39.1 Å². The van der Waals surface area contributed by atoms with E-state index in [1.165, 1.54) is 0 Å². The molecule has 1 aliphatic heterocycles. The van der Waals surface area contributed by atoms with E-state index in [2.05, 4.69) is 26.3 Å². The third kappa shape index (κ3) is 4.37. The molecule has 5 rings (SSSR count). The molecule has 1 N–H and O–H groups in total. The van der Waals surface area contributed by atoms with Gasteiger partial charge in [0.05, 0.1) is 11.4 Å². The third-order valence-electron chi connectivity index (χ3n) is 5.02. The third-order valence-corrected chi connectivity index (χ3v) is 6.05. The molecule has 1 aromatic heterocycles. The molecule has 1 aliphatic rings. The Hall–Kier alpha value is -3.20. The smallest absolute Gasteiger partial charge is 0.188 e. The number of amidine groups is 1. The number of benzene rings is 3. The summed E-state index contributed by atoms with van der Waals surface area (Å²) in [6, 6.07) is 22.2. The van der Waals surface area contributed by atoms with Gasteiger partial charge in [0.2, 0.25) is 0 Å². The lowest BCUT2D eigenvalue weighted by Gasteiger charge is -2.24. The zero-order valence-corrected chi connectivity index (χ0v) is 20.0. The minimum Gasteiger partial charge on any atom is -0.294 e. The van der Waals surface area contributed by atoms with Gasteiger partial charge in [0.1, 0.15) is 11.4 Å². The van der Waals surface area contributed by atoms with Crippen molar-refractivity contribution in [1.29, 1.82) is 0 Å². The molecule has 0 radical (unpaired) electrons. The Labute approximate surface area is 207 Å². The number of halogens is 3. The highest BCUT2D eigenvalue weighted by molar-refractivity contribution is 9.10. The molecule has 164 valence electrons. The zero-order valence-electron chi connectivity index (χ0n) is 16.9. The quantitative estimate of drug-likeness (QED) is 0.332. The number of rotatable bonds is 5. The van der Waals surface area contributed by atoms with Gasteiger partial charge in [-0.2, -0.15) is 4.80 Å². The van der Waals surface area contributed by atoms with Gasteiger partial charge in [0.25, 0.3) is 0 Å². The average Bonchev–Trinajstić information content (AvgIpc) is 3.45. The minimum atomic E-state index is -0.638. The maximum Gasteiger partial charge on any atom is 0.188 e. The summed E-state index contributed by atoms with van der Waals surface area (Å²) in [6.07, 6.45) is 0.0329. The summed E-state index contributed by atoms with van der Waals surface area (Å²) in [6.45, 7) is 0. The number of hydrogen-bond acceptors (Lipinski definition) is 6. The highest BCUT2D eigenvalue weighted by Crippen LogP contribution is 2.35. The largest absolute Gasteiger partial charge is 0.294 e. The van der Waals surface area contributed by atoms with Crippen molar-refractivity contribution < 1.29 is 4.79 Å². The van der Waals surface area contributed by atoms with E-state index in [1.807, 2.05) is 48.5 Å². The molecule has 0 saturated heterocycles. The molecule has 7 nitrogen and oxygen atoms in total. The average molecular weight is 542 g/mol. The van der Waals surface area contributed by atoms with Crippen LogP contribution in [-0.2, 0) is 4.79 Å². The number of carbonyl (C=O) groups is 1. The lowest BCUT2D eigenvalue weighted by molar-refractivity contribution is -0.102. The standard InChI is InChI=1S/C23H15BrCl2N6O/c24-15-3-9-19(10-4-15)32-29-21(14-1-5-16(25)6-2-14)22(30-32)23-27-20(13-33)28-31(23)18-11-7-17(26)8-12-18/h1-13,23H,(H,27,28). The van der Waals surface area contributed by atoms with Gasteiger partial charge < -0.3 is 0 Å². The Morgan fingerprint density at radius 3 is 2.09 bits per heavy atom. The van der Waals surface area contributed by atoms with Crippen LogP contribution in [0, 0.1) is 0 Å². The van der Waals surface area contributed by atoms with E-state index in [1.54, 1.807) is 34.1 Å². The van der Waals surface area contributed by atoms with Crippen molar-refractivity contribution in [2.75, 3.05) is 5.01 Å². The molecular formula is C23H15BrCl2N6O. The monoisotopic (exact) mass is 540 g/mol. The molecule has 0 saturated carbocycles. The van der Waals surface area contributed by atoms with Gasteiger partial charge in [-0.25, -0.2) is 4.99 Å². The summed E-state index contributed by atoms with van der Waals surface area (Å²) in [7, 11) is 0. The SMILES string of the molecule is O=CC1=NC(c2nn(-c3ccc(Br)cc3)nc2-c2ccc(Cl)cc2)N(c2ccc(Cl)cc2)N1. The van der Waals surface area contributed by atoms with Crippen LogP contribution in [0.1, 0.15) is 11.9 Å². The predicted octanol–water partition coefficient (Wildman–Crippen LogP) is 5.62. The lowest BCUT2D eigenvalue weighted by Crippen LogP contribution is -2.38. The number of nitrogens with one attached hydrogen (secondary N) is 1. The van der Waals surface area contributed by atoms with Crippen molar-refractivity contribution in [3.05, 3.63) is 93.0 Å². The fraction of sp³-hybridized carbons (Fsp3) is 0.0435. The van der Waals surface area contributed by atoms with E-state index in [9.17, 15) is 4.79 Å². The fourth-order valence-electron chi connectivity index (χ4n) is 3.45. The van der Waals surface area contributed by atoms with Crippen LogP contribution in [0.2, 0.25) is 10.0 Å². The van der Waals surface area contributed by atoms with Gasteiger partial charge in [0.15, 0.2) is 18.3 Å². The number of hydrazine groups is 1. The number of carbonyl (C=O) groups excluding carboxylic acids is 1. The van der Waals surface area contributed by atoms with E-state index >= 15 is 0 Å². The molecule has 0 fully saturated rings. The second-order valence-corrected chi connectivity index (χ2v) is 8.96. The Bertz CT molecular complexity index is 1340. The Kier molecular flexibility index (Phi) is 5.88. The van der Waals surface area contributed by atoms with Crippen molar-refractivity contribution >= 4 is 56.9 Å². The Morgan fingerprint density at radius 2 is 1.45 bits per heavy atom. The number of aliphatic imine (C=N–C) groups is 1. The molecule has 0 amide bonds. The summed E-state index contributed by atoms with van der Waals surface area (Å²) in [5, 5.41) is 12.5.